The van der Waals surface area contributed by atoms with Crippen molar-refractivity contribution >= 4 is 12.4 Å². The summed E-state index contributed by atoms with van der Waals surface area (Å²) in [7, 11) is 0. The van der Waals surface area contributed by atoms with E-state index in [2.05, 4.69) is 13.8 Å². The first-order valence-corrected chi connectivity index (χ1v) is 4.70. The fraction of sp³-hybridized carbons (Fsp3) is 0.455. The van der Waals surface area contributed by atoms with Crippen molar-refractivity contribution in [1.29, 1.82) is 0 Å². The van der Waals surface area contributed by atoms with Gasteiger partial charge in [0.2, 0.25) is 0 Å². The van der Waals surface area contributed by atoms with Crippen LogP contribution in [0.4, 0.5) is 0 Å². The van der Waals surface area contributed by atoms with E-state index in [1.165, 1.54) is 0 Å². The average Bonchev–Trinajstić information content (AvgIpc) is 2.16. The van der Waals surface area contributed by atoms with E-state index >= 15 is 0 Å². The van der Waals surface area contributed by atoms with Crippen LogP contribution in [-0.4, -0.2) is 5.11 Å². The summed E-state index contributed by atoms with van der Waals surface area (Å²) in [6.07, 6.45) is 1.02. The molecule has 0 fully saturated rings. The lowest BCUT2D eigenvalue weighted by atomic mass is 9.93. The summed E-state index contributed by atoms with van der Waals surface area (Å²) in [5, 5.41) is 9.55. The summed E-state index contributed by atoms with van der Waals surface area (Å²) in [6.45, 7) is 4.20. The molecule has 1 aromatic rings. The molecule has 0 aliphatic carbocycles. The second-order valence-electron chi connectivity index (χ2n) is 3.47. The minimum atomic E-state index is -0.0637. The summed E-state index contributed by atoms with van der Waals surface area (Å²) in [4.78, 5) is 0. The van der Waals surface area contributed by atoms with E-state index < -0.39 is 0 Å². The Morgan fingerprint density at radius 2 is 1.93 bits per heavy atom. The third-order valence-electron chi connectivity index (χ3n) is 2.55. The van der Waals surface area contributed by atoms with E-state index in [1.807, 2.05) is 18.2 Å². The van der Waals surface area contributed by atoms with E-state index in [0.29, 0.717) is 11.7 Å². The topological polar surface area (TPSA) is 46.2 Å². The van der Waals surface area contributed by atoms with Crippen molar-refractivity contribution in [2.24, 2.45) is 11.7 Å². The molecule has 0 bridgehead atoms. The minimum Gasteiger partial charge on any atom is -0.508 e. The van der Waals surface area contributed by atoms with Gasteiger partial charge in [0.1, 0.15) is 5.75 Å². The van der Waals surface area contributed by atoms with Crippen LogP contribution in [0.3, 0.4) is 0 Å². The normalized spacial score (nSPS) is 14.2. The molecule has 2 atom stereocenters. The highest BCUT2D eigenvalue weighted by Gasteiger charge is 2.15. The van der Waals surface area contributed by atoms with Crippen molar-refractivity contribution in [3.8, 4) is 5.75 Å². The predicted molar refractivity (Wildman–Crippen MR) is 61.7 cm³/mol. The van der Waals surface area contributed by atoms with Gasteiger partial charge in [-0.15, -0.1) is 12.4 Å². The molecule has 0 amide bonds. The fourth-order valence-corrected chi connectivity index (χ4v) is 1.33. The van der Waals surface area contributed by atoms with Gasteiger partial charge in [0.05, 0.1) is 0 Å². The molecule has 0 aliphatic heterocycles. The lowest BCUT2D eigenvalue weighted by molar-refractivity contribution is 0.419. The van der Waals surface area contributed by atoms with Crippen LogP contribution in [0.5, 0.6) is 5.75 Å². The first-order chi connectivity index (χ1) is 6.16. The molecule has 1 aromatic carbocycles. The van der Waals surface area contributed by atoms with Crippen LogP contribution in [-0.2, 0) is 0 Å². The van der Waals surface area contributed by atoms with Crippen LogP contribution in [0, 0.1) is 5.92 Å². The van der Waals surface area contributed by atoms with E-state index in [0.717, 1.165) is 12.0 Å². The Hall–Kier alpha value is -0.730. The van der Waals surface area contributed by atoms with Gasteiger partial charge in [-0.25, -0.2) is 0 Å². The van der Waals surface area contributed by atoms with Gasteiger partial charge < -0.3 is 10.8 Å². The zero-order valence-electron chi connectivity index (χ0n) is 8.60. The molecule has 3 heteroatoms. The van der Waals surface area contributed by atoms with Crippen molar-refractivity contribution in [3.63, 3.8) is 0 Å². The standard InChI is InChI=1S/C11H17NO.ClH/c1-3-8(2)11(12)9-6-4-5-7-10(9)13;/h4-8,11,13H,3,12H2,1-2H3;1H/t8?,11-;/m1./s1. The van der Waals surface area contributed by atoms with Gasteiger partial charge in [-0.05, 0) is 12.0 Å². The average molecular weight is 216 g/mol. The molecule has 0 aliphatic rings. The molecule has 1 rings (SSSR count). The number of aromatic hydroxyl groups is 1. The molecule has 80 valence electrons. The highest BCUT2D eigenvalue weighted by atomic mass is 35.5. The van der Waals surface area contributed by atoms with Gasteiger partial charge in [0, 0.05) is 11.6 Å². The molecule has 0 spiro atoms. The monoisotopic (exact) mass is 215 g/mol. The molecular weight excluding hydrogens is 198 g/mol. The van der Waals surface area contributed by atoms with Gasteiger partial charge in [0.25, 0.3) is 0 Å². The number of phenolic OH excluding ortho intramolecular Hbond substituents is 1. The minimum absolute atomic E-state index is 0. The number of hydrogen-bond acceptors (Lipinski definition) is 2. The number of para-hydroxylation sites is 1. The highest BCUT2D eigenvalue weighted by molar-refractivity contribution is 5.85. The number of rotatable bonds is 3. The molecular formula is C11H18ClNO. The highest BCUT2D eigenvalue weighted by Crippen LogP contribution is 2.28. The molecule has 1 unspecified atom stereocenters. The van der Waals surface area contributed by atoms with Crippen LogP contribution in [0.25, 0.3) is 0 Å². The molecule has 3 N–H and O–H groups in total. The van der Waals surface area contributed by atoms with Crippen molar-refractivity contribution in [3.05, 3.63) is 29.8 Å². The van der Waals surface area contributed by atoms with Crippen LogP contribution >= 0.6 is 12.4 Å². The van der Waals surface area contributed by atoms with Crippen molar-refractivity contribution in [1.82, 2.24) is 0 Å². The Balaban J connectivity index is 0.00000169. The summed E-state index contributed by atoms with van der Waals surface area (Å²) < 4.78 is 0. The molecule has 0 heterocycles. The maximum Gasteiger partial charge on any atom is 0.120 e. The third-order valence-corrected chi connectivity index (χ3v) is 2.55. The molecule has 0 aromatic heterocycles. The van der Waals surface area contributed by atoms with Crippen LogP contribution < -0.4 is 5.73 Å². The maximum atomic E-state index is 9.55. The first kappa shape index (κ1) is 13.3. The zero-order valence-corrected chi connectivity index (χ0v) is 9.42. The summed E-state index contributed by atoms with van der Waals surface area (Å²) in [5.74, 6) is 0.698. The summed E-state index contributed by atoms with van der Waals surface area (Å²) >= 11 is 0. The number of halogens is 1. The Kier molecular flexibility index (Phi) is 5.58. The van der Waals surface area contributed by atoms with Crippen LogP contribution in [0.15, 0.2) is 24.3 Å². The van der Waals surface area contributed by atoms with Gasteiger partial charge in [-0.2, -0.15) is 0 Å². The Labute approximate surface area is 91.5 Å². The molecule has 0 radical (unpaired) electrons. The second kappa shape index (κ2) is 5.89. The number of nitrogens with two attached hydrogens (primary N) is 1. The van der Waals surface area contributed by atoms with E-state index in [1.54, 1.807) is 6.07 Å². The predicted octanol–water partition coefficient (Wildman–Crippen LogP) is 2.86. The lowest BCUT2D eigenvalue weighted by Crippen LogP contribution is -2.18. The molecule has 0 saturated heterocycles. The summed E-state index contributed by atoms with van der Waals surface area (Å²) in [5.41, 5.74) is 6.83. The van der Waals surface area contributed by atoms with Gasteiger partial charge in [-0.3, -0.25) is 0 Å². The molecule has 2 nitrogen and oxygen atoms in total. The van der Waals surface area contributed by atoms with E-state index in [-0.39, 0.29) is 18.4 Å². The van der Waals surface area contributed by atoms with Crippen LogP contribution in [0.1, 0.15) is 31.9 Å². The quantitative estimate of drug-likeness (QED) is 0.815. The van der Waals surface area contributed by atoms with E-state index in [9.17, 15) is 5.11 Å². The van der Waals surface area contributed by atoms with Crippen LogP contribution in [0.2, 0.25) is 0 Å². The van der Waals surface area contributed by atoms with Gasteiger partial charge >= 0.3 is 0 Å². The van der Waals surface area contributed by atoms with Crippen molar-refractivity contribution in [2.75, 3.05) is 0 Å². The van der Waals surface area contributed by atoms with E-state index in [4.69, 9.17) is 5.73 Å². The smallest absolute Gasteiger partial charge is 0.120 e. The summed E-state index contributed by atoms with van der Waals surface area (Å²) in [6, 6.07) is 7.20. The maximum absolute atomic E-state index is 9.55. The Bertz CT molecular complexity index is 278. The number of phenols is 1. The second-order valence-corrected chi connectivity index (χ2v) is 3.47. The number of benzene rings is 1. The zero-order chi connectivity index (χ0) is 9.84. The van der Waals surface area contributed by atoms with Crippen molar-refractivity contribution < 1.29 is 5.11 Å². The van der Waals surface area contributed by atoms with Crippen molar-refractivity contribution in [2.45, 2.75) is 26.3 Å². The molecule has 0 saturated carbocycles. The lowest BCUT2D eigenvalue weighted by Gasteiger charge is -2.19. The Morgan fingerprint density at radius 1 is 1.36 bits per heavy atom. The molecule has 14 heavy (non-hydrogen) atoms. The third kappa shape index (κ3) is 2.89. The van der Waals surface area contributed by atoms with Gasteiger partial charge in [0.15, 0.2) is 0 Å². The fourth-order valence-electron chi connectivity index (χ4n) is 1.33. The SMILES string of the molecule is CCC(C)[C@@H](N)c1ccccc1O.Cl. The first-order valence-electron chi connectivity index (χ1n) is 4.70. The Morgan fingerprint density at radius 3 is 2.43 bits per heavy atom. The largest absolute Gasteiger partial charge is 0.508 e. The van der Waals surface area contributed by atoms with Gasteiger partial charge in [-0.1, -0.05) is 38.5 Å². The number of hydrogen-bond donors (Lipinski definition) is 2.